The second kappa shape index (κ2) is 6.70. The SMILES string of the molecule is CNC(COC)Cc1nc(N2CCCCC2)no1. The predicted molar refractivity (Wildman–Crippen MR) is 68.8 cm³/mol. The van der Waals surface area contributed by atoms with Crippen molar-refractivity contribution in [3.8, 4) is 0 Å². The molecule has 1 aromatic rings. The Morgan fingerprint density at radius 3 is 2.83 bits per heavy atom. The molecule has 2 heterocycles. The number of hydrogen-bond acceptors (Lipinski definition) is 6. The van der Waals surface area contributed by atoms with E-state index < -0.39 is 0 Å². The number of hydrogen-bond donors (Lipinski definition) is 1. The standard InChI is InChI=1S/C12H22N4O2/c1-13-10(9-17-2)8-11-14-12(15-18-11)16-6-4-3-5-7-16/h10,13H,3-9H2,1-2H3. The minimum atomic E-state index is 0.213. The van der Waals surface area contributed by atoms with Crippen molar-refractivity contribution in [2.24, 2.45) is 0 Å². The van der Waals surface area contributed by atoms with Crippen LogP contribution in [0, 0.1) is 0 Å². The van der Waals surface area contributed by atoms with E-state index in [1.54, 1.807) is 7.11 Å². The number of ether oxygens (including phenoxy) is 1. The van der Waals surface area contributed by atoms with Gasteiger partial charge in [0.15, 0.2) is 0 Å². The molecule has 1 aliphatic heterocycles. The summed E-state index contributed by atoms with van der Waals surface area (Å²) in [5.74, 6) is 1.41. The van der Waals surface area contributed by atoms with Gasteiger partial charge in [0.05, 0.1) is 6.61 Å². The van der Waals surface area contributed by atoms with Gasteiger partial charge in [-0.3, -0.25) is 0 Å². The van der Waals surface area contributed by atoms with Gasteiger partial charge in [-0.25, -0.2) is 0 Å². The summed E-state index contributed by atoms with van der Waals surface area (Å²) in [5.41, 5.74) is 0. The van der Waals surface area contributed by atoms with Gasteiger partial charge in [-0.05, 0) is 31.5 Å². The van der Waals surface area contributed by atoms with Crippen LogP contribution in [0.25, 0.3) is 0 Å². The second-order valence-electron chi connectivity index (χ2n) is 4.68. The summed E-state index contributed by atoms with van der Waals surface area (Å²) in [7, 11) is 3.60. The van der Waals surface area contributed by atoms with Crippen LogP contribution >= 0.6 is 0 Å². The van der Waals surface area contributed by atoms with Crippen molar-refractivity contribution in [2.45, 2.75) is 31.7 Å². The van der Waals surface area contributed by atoms with Crippen LogP contribution in [-0.4, -0.2) is 50.0 Å². The lowest BCUT2D eigenvalue weighted by Gasteiger charge is -2.24. The summed E-state index contributed by atoms with van der Waals surface area (Å²) < 4.78 is 10.4. The summed E-state index contributed by atoms with van der Waals surface area (Å²) in [6.45, 7) is 2.71. The van der Waals surface area contributed by atoms with Crippen molar-refractivity contribution in [3.63, 3.8) is 0 Å². The Morgan fingerprint density at radius 1 is 1.39 bits per heavy atom. The monoisotopic (exact) mass is 254 g/mol. The number of piperidine rings is 1. The quantitative estimate of drug-likeness (QED) is 0.811. The van der Waals surface area contributed by atoms with E-state index in [-0.39, 0.29) is 6.04 Å². The maximum atomic E-state index is 5.30. The Morgan fingerprint density at radius 2 is 2.17 bits per heavy atom. The highest BCUT2D eigenvalue weighted by molar-refractivity contribution is 5.28. The molecule has 1 aromatic heterocycles. The van der Waals surface area contributed by atoms with E-state index in [9.17, 15) is 0 Å². The molecule has 0 aromatic carbocycles. The predicted octanol–water partition coefficient (Wildman–Crippen LogP) is 0.837. The third-order valence-electron chi connectivity index (χ3n) is 3.29. The summed E-state index contributed by atoms with van der Waals surface area (Å²) in [4.78, 5) is 6.65. The van der Waals surface area contributed by atoms with E-state index >= 15 is 0 Å². The third-order valence-corrected chi connectivity index (χ3v) is 3.29. The molecule has 1 atom stereocenters. The minimum absolute atomic E-state index is 0.213. The lowest BCUT2D eigenvalue weighted by Crippen LogP contribution is -2.32. The summed E-state index contributed by atoms with van der Waals surface area (Å²) in [6.07, 6.45) is 4.43. The molecule has 18 heavy (non-hydrogen) atoms. The molecule has 0 amide bonds. The zero-order valence-corrected chi connectivity index (χ0v) is 11.2. The van der Waals surface area contributed by atoms with E-state index in [1.165, 1.54) is 19.3 Å². The highest BCUT2D eigenvalue weighted by Crippen LogP contribution is 2.16. The topological polar surface area (TPSA) is 63.4 Å². The number of rotatable bonds is 6. The van der Waals surface area contributed by atoms with Crippen molar-refractivity contribution >= 4 is 5.95 Å². The van der Waals surface area contributed by atoms with Gasteiger partial charge in [0.1, 0.15) is 0 Å². The van der Waals surface area contributed by atoms with Crippen molar-refractivity contribution in [3.05, 3.63) is 5.89 Å². The van der Waals surface area contributed by atoms with Crippen LogP contribution in [-0.2, 0) is 11.2 Å². The van der Waals surface area contributed by atoms with Crippen molar-refractivity contribution in [2.75, 3.05) is 38.8 Å². The Kier molecular flexibility index (Phi) is 4.95. The Balaban J connectivity index is 1.92. The Hall–Kier alpha value is -1.14. The average Bonchev–Trinajstić information content (AvgIpc) is 2.88. The van der Waals surface area contributed by atoms with E-state index in [0.717, 1.165) is 19.0 Å². The maximum absolute atomic E-state index is 5.30. The Bertz CT molecular complexity index is 350. The van der Waals surface area contributed by atoms with Gasteiger partial charge < -0.3 is 19.5 Å². The molecule has 2 rings (SSSR count). The fourth-order valence-electron chi connectivity index (χ4n) is 2.21. The summed E-state index contributed by atoms with van der Waals surface area (Å²) in [6, 6.07) is 0.213. The maximum Gasteiger partial charge on any atom is 0.266 e. The lowest BCUT2D eigenvalue weighted by molar-refractivity contribution is 0.165. The number of likely N-dealkylation sites (N-methyl/N-ethyl adjacent to an activating group) is 1. The van der Waals surface area contributed by atoms with Gasteiger partial charge in [-0.2, -0.15) is 4.98 Å². The first kappa shape index (κ1) is 13.3. The van der Waals surface area contributed by atoms with Gasteiger partial charge in [0, 0.05) is 32.7 Å². The van der Waals surface area contributed by atoms with Crippen LogP contribution in [0.1, 0.15) is 25.2 Å². The minimum Gasteiger partial charge on any atom is -0.383 e. The van der Waals surface area contributed by atoms with Crippen LogP contribution < -0.4 is 10.2 Å². The fraction of sp³-hybridized carbons (Fsp3) is 0.833. The molecule has 0 aliphatic carbocycles. The van der Waals surface area contributed by atoms with Crippen LogP contribution in [0.4, 0.5) is 5.95 Å². The zero-order valence-electron chi connectivity index (χ0n) is 11.2. The van der Waals surface area contributed by atoms with Crippen LogP contribution in [0.2, 0.25) is 0 Å². The summed E-state index contributed by atoms with van der Waals surface area (Å²) in [5, 5.41) is 7.23. The molecule has 0 saturated carbocycles. The van der Waals surface area contributed by atoms with Crippen molar-refractivity contribution in [1.82, 2.24) is 15.5 Å². The van der Waals surface area contributed by atoms with Crippen LogP contribution in [0.3, 0.4) is 0 Å². The molecule has 0 radical (unpaired) electrons. The number of anilines is 1. The largest absolute Gasteiger partial charge is 0.383 e. The van der Waals surface area contributed by atoms with E-state index in [0.29, 0.717) is 18.9 Å². The smallest absolute Gasteiger partial charge is 0.266 e. The van der Waals surface area contributed by atoms with Gasteiger partial charge in [-0.1, -0.05) is 0 Å². The van der Waals surface area contributed by atoms with Gasteiger partial charge in [-0.15, -0.1) is 0 Å². The molecular formula is C12H22N4O2. The molecule has 1 saturated heterocycles. The molecular weight excluding hydrogens is 232 g/mol. The number of nitrogens with zero attached hydrogens (tertiary/aromatic N) is 3. The average molecular weight is 254 g/mol. The number of nitrogens with one attached hydrogen (secondary N) is 1. The van der Waals surface area contributed by atoms with Gasteiger partial charge in [0.25, 0.3) is 5.95 Å². The van der Waals surface area contributed by atoms with Crippen LogP contribution in [0.5, 0.6) is 0 Å². The molecule has 1 aliphatic rings. The molecule has 102 valence electrons. The van der Waals surface area contributed by atoms with Crippen molar-refractivity contribution in [1.29, 1.82) is 0 Å². The third kappa shape index (κ3) is 3.43. The van der Waals surface area contributed by atoms with E-state index in [2.05, 4.69) is 20.4 Å². The first-order chi connectivity index (χ1) is 8.83. The highest BCUT2D eigenvalue weighted by Gasteiger charge is 2.18. The Labute approximate surface area is 108 Å². The number of methoxy groups -OCH3 is 1. The number of aromatic nitrogens is 2. The molecule has 6 heteroatoms. The van der Waals surface area contributed by atoms with Crippen molar-refractivity contribution < 1.29 is 9.26 Å². The molecule has 1 fully saturated rings. The van der Waals surface area contributed by atoms with Crippen LogP contribution in [0.15, 0.2) is 4.52 Å². The lowest BCUT2D eigenvalue weighted by atomic mass is 10.1. The highest BCUT2D eigenvalue weighted by atomic mass is 16.5. The molecule has 1 N–H and O–H groups in total. The first-order valence-corrected chi connectivity index (χ1v) is 6.57. The molecule has 0 spiro atoms. The van der Waals surface area contributed by atoms with E-state index in [4.69, 9.17) is 9.26 Å². The molecule has 6 nitrogen and oxygen atoms in total. The first-order valence-electron chi connectivity index (χ1n) is 6.57. The normalized spacial score (nSPS) is 18.0. The second-order valence-corrected chi connectivity index (χ2v) is 4.68. The zero-order chi connectivity index (χ0) is 12.8. The summed E-state index contributed by atoms with van der Waals surface area (Å²) >= 11 is 0. The van der Waals surface area contributed by atoms with Gasteiger partial charge in [0.2, 0.25) is 5.89 Å². The molecule has 0 bridgehead atoms. The van der Waals surface area contributed by atoms with Gasteiger partial charge >= 0.3 is 0 Å². The fourth-order valence-corrected chi connectivity index (χ4v) is 2.21. The molecule has 1 unspecified atom stereocenters. The van der Waals surface area contributed by atoms with E-state index in [1.807, 2.05) is 7.05 Å².